The second-order valence-corrected chi connectivity index (χ2v) is 6.32. The lowest BCUT2D eigenvalue weighted by Crippen LogP contribution is -2.24. The van der Waals surface area contributed by atoms with E-state index >= 15 is 0 Å². The smallest absolute Gasteiger partial charge is 0.238 e. The van der Waals surface area contributed by atoms with E-state index in [9.17, 15) is 9.59 Å². The van der Waals surface area contributed by atoms with E-state index in [0.717, 1.165) is 5.56 Å². The van der Waals surface area contributed by atoms with Crippen LogP contribution in [0.15, 0.2) is 42.5 Å². The number of carbonyl (C=O) groups excluding carboxylic acids is 2. The number of anilines is 1. The van der Waals surface area contributed by atoms with E-state index in [-0.39, 0.29) is 30.6 Å². The molecule has 0 atom stereocenters. The summed E-state index contributed by atoms with van der Waals surface area (Å²) in [5, 5.41) is 13.5. The van der Waals surface area contributed by atoms with E-state index in [1.54, 1.807) is 22.6 Å². The number of nitrogens with zero attached hydrogens (tertiary/aromatic N) is 3. The molecule has 28 heavy (non-hydrogen) atoms. The largest absolute Gasteiger partial charge is 0.479 e. The number of aromatic nitrogens is 3. The number of pyridine rings is 1. The van der Waals surface area contributed by atoms with E-state index < -0.39 is 0 Å². The van der Waals surface area contributed by atoms with E-state index in [1.165, 1.54) is 5.56 Å². The van der Waals surface area contributed by atoms with Gasteiger partial charge < -0.3 is 10.1 Å². The second kappa shape index (κ2) is 8.98. The Kier molecular flexibility index (Phi) is 6.21. The standard InChI is InChI=1S/C20H23N5O3/c1-3-28-19-6-4-5-16-23-24-20(25(16)19)22-18(27)12-11-17(26)21-13-15-9-7-14(2)8-10-15/h4-10H,3,11-13H2,1-2H3,(H,21,26)(H,22,24,27). The Morgan fingerprint density at radius 3 is 2.54 bits per heavy atom. The number of nitrogens with one attached hydrogen (secondary N) is 2. The first-order valence-corrected chi connectivity index (χ1v) is 9.16. The van der Waals surface area contributed by atoms with Gasteiger partial charge in [-0.1, -0.05) is 35.9 Å². The second-order valence-electron chi connectivity index (χ2n) is 6.32. The summed E-state index contributed by atoms with van der Waals surface area (Å²) in [6.07, 6.45) is 0.137. The van der Waals surface area contributed by atoms with Crippen LogP contribution in [-0.4, -0.2) is 33.0 Å². The molecule has 3 rings (SSSR count). The lowest BCUT2D eigenvalue weighted by atomic mass is 10.1. The van der Waals surface area contributed by atoms with Gasteiger partial charge in [0.1, 0.15) is 0 Å². The van der Waals surface area contributed by atoms with E-state index in [1.807, 2.05) is 38.1 Å². The van der Waals surface area contributed by atoms with Gasteiger partial charge in [0.15, 0.2) is 5.65 Å². The highest BCUT2D eigenvalue weighted by Crippen LogP contribution is 2.18. The van der Waals surface area contributed by atoms with Gasteiger partial charge in [-0.3, -0.25) is 14.9 Å². The molecule has 0 saturated heterocycles. The number of hydrogen-bond acceptors (Lipinski definition) is 5. The van der Waals surface area contributed by atoms with Crippen molar-refractivity contribution in [3.63, 3.8) is 0 Å². The highest BCUT2D eigenvalue weighted by Gasteiger charge is 2.14. The van der Waals surface area contributed by atoms with Crippen LogP contribution in [0.2, 0.25) is 0 Å². The summed E-state index contributed by atoms with van der Waals surface area (Å²) in [6.45, 7) is 4.80. The molecule has 2 N–H and O–H groups in total. The maximum Gasteiger partial charge on any atom is 0.238 e. The van der Waals surface area contributed by atoms with Crippen molar-refractivity contribution in [1.29, 1.82) is 0 Å². The number of benzene rings is 1. The number of carbonyl (C=O) groups is 2. The van der Waals surface area contributed by atoms with Crippen molar-refractivity contribution in [2.24, 2.45) is 0 Å². The van der Waals surface area contributed by atoms with Gasteiger partial charge in [0, 0.05) is 19.4 Å². The Hall–Kier alpha value is -3.42. The fraction of sp³-hybridized carbons (Fsp3) is 0.300. The Morgan fingerprint density at radius 1 is 1.04 bits per heavy atom. The van der Waals surface area contributed by atoms with Gasteiger partial charge in [0.05, 0.1) is 6.61 Å². The van der Waals surface area contributed by atoms with E-state index in [2.05, 4.69) is 20.8 Å². The molecule has 0 fully saturated rings. The summed E-state index contributed by atoms with van der Waals surface area (Å²) in [6, 6.07) is 13.3. The maximum absolute atomic E-state index is 12.2. The molecule has 0 aliphatic rings. The Labute approximate surface area is 162 Å². The van der Waals surface area contributed by atoms with Crippen molar-refractivity contribution < 1.29 is 14.3 Å². The fourth-order valence-electron chi connectivity index (χ4n) is 2.66. The molecule has 0 bridgehead atoms. The van der Waals surface area contributed by atoms with Crippen molar-refractivity contribution >= 4 is 23.4 Å². The minimum Gasteiger partial charge on any atom is -0.479 e. The maximum atomic E-state index is 12.2. The molecule has 0 aliphatic carbocycles. The van der Waals surface area contributed by atoms with Crippen LogP contribution < -0.4 is 15.4 Å². The molecular formula is C20H23N5O3. The molecule has 0 radical (unpaired) electrons. The van der Waals surface area contributed by atoms with Gasteiger partial charge in [0.2, 0.25) is 23.6 Å². The number of hydrogen-bond donors (Lipinski definition) is 2. The van der Waals surface area contributed by atoms with Gasteiger partial charge in [0.25, 0.3) is 0 Å². The van der Waals surface area contributed by atoms with Gasteiger partial charge in [-0.25, -0.2) is 4.40 Å². The average Bonchev–Trinajstić information content (AvgIpc) is 3.10. The van der Waals surface area contributed by atoms with Crippen LogP contribution in [0.4, 0.5) is 5.95 Å². The first-order chi connectivity index (χ1) is 13.6. The van der Waals surface area contributed by atoms with Crippen LogP contribution >= 0.6 is 0 Å². The molecule has 8 heteroatoms. The molecule has 0 spiro atoms. The van der Waals surface area contributed by atoms with E-state index in [4.69, 9.17) is 4.74 Å². The monoisotopic (exact) mass is 381 g/mol. The Bertz CT molecular complexity index is 966. The number of ether oxygens (including phenoxy) is 1. The first kappa shape index (κ1) is 19.3. The van der Waals surface area contributed by atoms with Crippen molar-refractivity contribution in [3.05, 3.63) is 53.6 Å². The molecule has 1 aromatic carbocycles. The molecule has 0 saturated carbocycles. The molecule has 0 aliphatic heterocycles. The van der Waals surface area contributed by atoms with Crippen molar-refractivity contribution in [2.75, 3.05) is 11.9 Å². The number of amides is 2. The molecular weight excluding hydrogens is 358 g/mol. The van der Waals surface area contributed by atoms with Gasteiger partial charge >= 0.3 is 0 Å². The number of fused-ring (bicyclic) bond motifs is 1. The first-order valence-electron chi connectivity index (χ1n) is 9.16. The molecule has 2 aromatic heterocycles. The normalized spacial score (nSPS) is 10.6. The minimum atomic E-state index is -0.314. The zero-order valence-electron chi connectivity index (χ0n) is 15.9. The van der Waals surface area contributed by atoms with Gasteiger partial charge in [-0.2, -0.15) is 0 Å². The molecule has 2 amide bonds. The summed E-state index contributed by atoms with van der Waals surface area (Å²) in [5.74, 6) is 0.308. The van der Waals surface area contributed by atoms with Crippen molar-refractivity contribution in [2.45, 2.75) is 33.2 Å². The lowest BCUT2D eigenvalue weighted by Gasteiger charge is -2.09. The third-order valence-electron chi connectivity index (χ3n) is 4.13. The summed E-state index contributed by atoms with van der Waals surface area (Å²) >= 11 is 0. The van der Waals surface area contributed by atoms with Gasteiger partial charge in [-0.05, 0) is 31.5 Å². The van der Waals surface area contributed by atoms with Crippen LogP contribution in [0.3, 0.4) is 0 Å². The average molecular weight is 381 g/mol. The molecule has 2 heterocycles. The highest BCUT2D eigenvalue weighted by atomic mass is 16.5. The topological polar surface area (TPSA) is 97.6 Å². The zero-order chi connectivity index (χ0) is 19.9. The molecule has 3 aromatic rings. The predicted molar refractivity (Wildman–Crippen MR) is 105 cm³/mol. The number of aryl methyl sites for hydroxylation is 1. The predicted octanol–water partition coefficient (Wildman–Crippen LogP) is 2.47. The van der Waals surface area contributed by atoms with Crippen LogP contribution in [0.25, 0.3) is 5.65 Å². The fourth-order valence-corrected chi connectivity index (χ4v) is 2.66. The number of rotatable bonds is 8. The molecule has 8 nitrogen and oxygen atoms in total. The quantitative estimate of drug-likeness (QED) is 0.625. The van der Waals surface area contributed by atoms with Crippen molar-refractivity contribution in [3.8, 4) is 5.88 Å². The highest BCUT2D eigenvalue weighted by molar-refractivity contribution is 5.92. The zero-order valence-corrected chi connectivity index (χ0v) is 15.9. The Balaban J connectivity index is 1.52. The SMILES string of the molecule is CCOc1cccc2nnc(NC(=O)CCC(=O)NCc3ccc(C)cc3)n12. The summed E-state index contributed by atoms with van der Waals surface area (Å²) in [7, 11) is 0. The van der Waals surface area contributed by atoms with E-state index in [0.29, 0.717) is 24.7 Å². The van der Waals surface area contributed by atoms with Gasteiger partial charge in [-0.15, -0.1) is 10.2 Å². The summed E-state index contributed by atoms with van der Waals surface area (Å²) in [4.78, 5) is 24.2. The van der Waals surface area contributed by atoms with Crippen LogP contribution in [0, 0.1) is 6.92 Å². The third-order valence-corrected chi connectivity index (χ3v) is 4.13. The molecule has 146 valence electrons. The Morgan fingerprint density at radius 2 is 1.79 bits per heavy atom. The summed E-state index contributed by atoms with van der Waals surface area (Å²) in [5.41, 5.74) is 2.75. The van der Waals surface area contributed by atoms with Crippen LogP contribution in [0.5, 0.6) is 5.88 Å². The lowest BCUT2D eigenvalue weighted by molar-refractivity contribution is -0.124. The summed E-state index contributed by atoms with van der Waals surface area (Å²) < 4.78 is 7.17. The van der Waals surface area contributed by atoms with Crippen molar-refractivity contribution in [1.82, 2.24) is 19.9 Å². The molecule has 0 unspecified atom stereocenters. The van der Waals surface area contributed by atoms with Crippen LogP contribution in [-0.2, 0) is 16.1 Å². The minimum absolute atomic E-state index is 0.0471. The van der Waals surface area contributed by atoms with Crippen LogP contribution in [0.1, 0.15) is 30.9 Å². The third kappa shape index (κ3) is 4.85.